The van der Waals surface area contributed by atoms with Gasteiger partial charge in [0.2, 0.25) is 0 Å². The number of carbonyl (C=O) groups is 1. The molecular weight excluding hydrogens is 291 g/mol. The summed E-state index contributed by atoms with van der Waals surface area (Å²) in [6.45, 7) is 1.68. The number of amides is 1. The summed E-state index contributed by atoms with van der Waals surface area (Å²) in [4.78, 5) is 12.0. The molecule has 1 amide bonds. The van der Waals surface area contributed by atoms with Gasteiger partial charge >= 0.3 is 0 Å². The number of nitrogens with two attached hydrogens (primary N) is 1. The van der Waals surface area contributed by atoms with Crippen LogP contribution in [-0.2, 0) is 0 Å². The van der Waals surface area contributed by atoms with Crippen molar-refractivity contribution in [1.82, 2.24) is 0 Å². The summed E-state index contributed by atoms with van der Waals surface area (Å²) >= 11 is 4.80. The van der Waals surface area contributed by atoms with Gasteiger partial charge in [-0.2, -0.15) is 0 Å². The molecule has 0 saturated heterocycles. The average molecular weight is 304 g/mol. The fourth-order valence-electron chi connectivity index (χ4n) is 1.87. The summed E-state index contributed by atoms with van der Waals surface area (Å²) in [6.07, 6.45) is 0. The van der Waals surface area contributed by atoms with Crippen molar-refractivity contribution >= 4 is 28.8 Å². The van der Waals surface area contributed by atoms with Crippen LogP contribution in [0.1, 0.15) is 21.5 Å². The van der Waals surface area contributed by atoms with E-state index in [1.54, 1.807) is 6.92 Å². The molecule has 6 heteroatoms. The van der Waals surface area contributed by atoms with Gasteiger partial charge in [-0.25, -0.2) is 4.39 Å². The second-order valence-electron chi connectivity index (χ2n) is 4.48. The number of phenols is 1. The van der Waals surface area contributed by atoms with Crippen molar-refractivity contribution in [3.8, 4) is 5.75 Å². The fourth-order valence-corrected chi connectivity index (χ4v) is 2.08. The van der Waals surface area contributed by atoms with Crippen LogP contribution in [0.2, 0.25) is 0 Å². The predicted octanol–water partition coefficient (Wildman–Crippen LogP) is 2.73. The van der Waals surface area contributed by atoms with Crippen LogP contribution in [0.25, 0.3) is 0 Å². The molecule has 0 aliphatic heterocycles. The number of hydrogen-bond donors (Lipinski definition) is 3. The van der Waals surface area contributed by atoms with E-state index in [1.807, 2.05) is 0 Å². The molecule has 0 atom stereocenters. The average Bonchev–Trinajstić information content (AvgIpc) is 2.41. The van der Waals surface area contributed by atoms with E-state index in [-0.39, 0.29) is 22.0 Å². The Bertz CT molecular complexity index is 732. The highest BCUT2D eigenvalue weighted by molar-refractivity contribution is 7.80. The molecule has 0 aliphatic carbocycles. The molecule has 108 valence electrons. The molecule has 0 bridgehead atoms. The number of hydrogen-bond acceptors (Lipinski definition) is 3. The van der Waals surface area contributed by atoms with E-state index in [0.29, 0.717) is 11.1 Å². The number of nitrogens with one attached hydrogen (secondary N) is 1. The molecule has 0 unspecified atom stereocenters. The smallest absolute Gasteiger partial charge is 0.255 e. The van der Waals surface area contributed by atoms with Gasteiger partial charge in [-0.3, -0.25) is 4.79 Å². The number of halogens is 1. The molecule has 0 spiro atoms. The lowest BCUT2D eigenvalue weighted by atomic mass is 10.1. The molecule has 2 aromatic carbocycles. The van der Waals surface area contributed by atoms with E-state index < -0.39 is 11.7 Å². The monoisotopic (exact) mass is 304 g/mol. The van der Waals surface area contributed by atoms with E-state index in [4.69, 9.17) is 18.0 Å². The Balaban J connectivity index is 2.34. The molecule has 0 aromatic heterocycles. The van der Waals surface area contributed by atoms with Crippen molar-refractivity contribution in [3.05, 3.63) is 58.9 Å². The van der Waals surface area contributed by atoms with Crippen LogP contribution in [0.4, 0.5) is 10.1 Å². The van der Waals surface area contributed by atoms with Gasteiger partial charge in [-0.15, -0.1) is 0 Å². The summed E-state index contributed by atoms with van der Waals surface area (Å²) in [5, 5.41) is 12.0. The molecule has 0 fully saturated rings. The van der Waals surface area contributed by atoms with Crippen molar-refractivity contribution in [2.45, 2.75) is 6.92 Å². The van der Waals surface area contributed by atoms with Crippen molar-refractivity contribution in [1.29, 1.82) is 0 Å². The molecule has 0 aliphatic rings. The lowest BCUT2D eigenvalue weighted by molar-refractivity contribution is 0.102. The minimum Gasteiger partial charge on any atom is -0.508 e. The first kappa shape index (κ1) is 14.9. The zero-order valence-corrected chi connectivity index (χ0v) is 12.0. The van der Waals surface area contributed by atoms with E-state index in [2.05, 4.69) is 5.32 Å². The highest BCUT2D eigenvalue weighted by Crippen LogP contribution is 2.21. The van der Waals surface area contributed by atoms with Crippen molar-refractivity contribution in [2.75, 3.05) is 5.32 Å². The highest BCUT2D eigenvalue weighted by Gasteiger charge is 2.14. The van der Waals surface area contributed by atoms with E-state index in [1.165, 1.54) is 36.4 Å². The molecule has 0 radical (unpaired) electrons. The van der Waals surface area contributed by atoms with Crippen LogP contribution in [0.15, 0.2) is 36.4 Å². The van der Waals surface area contributed by atoms with Crippen LogP contribution < -0.4 is 11.1 Å². The molecule has 4 N–H and O–H groups in total. The normalized spacial score (nSPS) is 10.2. The van der Waals surface area contributed by atoms with Gasteiger partial charge in [0.15, 0.2) is 0 Å². The van der Waals surface area contributed by atoms with Crippen LogP contribution in [0.5, 0.6) is 5.75 Å². The first-order valence-electron chi connectivity index (χ1n) is 6.09. The van der Waals surface area contributed by atoms with E-state index >= 15 is 0 Å². The van der Waals surface area contributed by atoms with Crippen LogP contribution >= 0.6 is 12.2 Å². The molecule has 2 aromatic rings. The second-order valence-corrected chi connectivity index (χ2v) is 4.92. The second kappa shape index (κ2) is 5.88. The summed E-state index contributed by atoms with van der Waals surface area (Å²) in [7, 11) is 0. The third-order valence-electron chi connectivity index (χ3n) is 2.97. The van der Waals surface area contributed by atoms with Crippen LogP contribution in [0, 0.1) is 12.7 Å². The maximum absolute atomic E-state index is 13.7. The van der Waals surface area contributed by atoms with Gasteiger partial charge in [0.25, 0.3) is 5.91 Å². The minimum atomic E-state index is -0.595. The lowest BCUT2D eigenvalue weighted by Gasteiger charge is -2.11. The Labute approximate surface area is 126 Å². The van der Waals surface area contributed by atoms with E-state index in [0.717, 1.165) is 0 Å². The zero-order chi connectivity index (χ0) is 15.6. The van der Waals surface area contributed by atoms with E-state index in [9.17, 15) is 14.3 Å². The number of anilines is 1. The highest BCUT2D eigenvalue weighted by atomic mass is 32.1. The maximum Gasteiger partial charge on any atom is 0.255 e. The number of benzene rings is 2. The SMILES string of the molecule is Cc1cc(C(=O)Nc2cccc(F)c2C(N)=S)ccc1O. The minimum absolute atomic E-state index is 0.00338. The Hall–Kier alpha value is -2.47. The Morgan fingerprint density at radius 3 is 2.67 bits per heavy atom. The first-order chi connectivity index (χ1) is 9.90. The maximum atomic E-state index is 13.7. The van der Waals surface area contributed by atoms with Gasteiger partial charge in [0.05, 0.1) is 11.3 Å². The Morgan fingerprint density at radius 1 is 1.33 bits per heavy atom. The van der Waals surface area contributed by atoms with Crippen LogP contribution in [-0.4, -0.2) is 16.0 Å². The van der Waals surface area contributed by atoms with Crippen molar-refractivity contribution in [2.24, 2.45) is 5.73 Å². The molecule has 4 nitrogen and oxygen atoms in total. The van der Waals surface area contributed by atoms with Gasteiger partial charge in [-0.05, 0) is 42.8 Å². The lowest BCUT2D eigenvalue weighted by Crippen LogP contribution is -2.19. The summed E-state index contributed by atoms with van der Waals surface area (Å²) in [6, 6.07) is 8.61. The quantitative estimate of drug-likeness (QED) is 0.762. The number of aromatic hydroxyl groups is 1. The zero-order valence-electron chi connectivity index (χ0n) is 11.2. The third kappa shape index (κ3) is 3.17. The fraction of sp³-hybridized carbons (Fsp3) is 0.0667. The number of rotatable bonds is 3. The Kier molecular flexibility index (Phi) is 4.18. The first-order valence-corrected chi connectivity index (χ1v) is 6.50. The van der Waals surface area contributed by atoms with Gasteiger partial charge in [-0.1, -0.05) is 18.3 Å². The third-order valence-corrected chi connectivity index (χ3v) is 3.17. The Morgan fingerprint density at radius 2 is 2.05 bits per heavy atom. The number of aryl methyl sites for hydroxylation is 1. The summed E-state index contributed by atoms with van der Waals surface area (Å²) in [5.41, 5.74) is 6.59. The topological polar surface area (TPSA) is 75.4 Å². The largest absolute Gasteiger partial charge is 0.508 e. The van der Waals surface area contributed by atoms with Gasteiger partial charge < -0.3 is 16.2 Å². The number of carbonyl (C=O) groups excluding carboxylic acids is 1. The van der Waals surface area contributed by atoms with Crippen molar-refractivity contribution < 1.29 is 14.3 Å². The van der Waals surface area contributed by atoms with Gasteiger partial charge in [0.1, 0.15) is 16.6 Å². The van der Waals surface area contributed by atoms with Crippen LogP contribution in [0.3, 0.4) is 0 Å². The standard InChI is InChI=1S/C15H13FN2O2S/c1-8-7-9(5-6-12(8)19)15(20)18-11-4-2-3-10(16)13(11)14(17)21/h2-7,19H,1H3,(H2,17,21)(H,18,20). The molecule has 21 heavy (non-hydrogen) atoms. The number of phenolic OH excluding ortho intramolecular Hbond substituents is 1. The van der Waals surface area contributed by atoms with Gasteiger partial charge in [0, 0.05) is 5.56 Å². The molecule has 2 rings (SSSR count). The predicted molar refractivity (Wildman–Crippen MR) is 83.1 cm³/mol. The summed E-state index contributed by atoms with van der Waals surface area (Å²) < 4.78 is 13.7. The number of thiocarbonyl (C=S) groups is 1. The molecule has 0 saturated carbocycles. The molecule has 0 heterocycles. The summed E-state index contributed by atoms with van der Waals surface area (Å²) in [5.74, 6) is -0.940. The molecular formula is C15H13FN2O2S. The van der Waals surface area contributed by atoms with Crippen molar-refractivity contribution in [3.63, 3.8) is 0 Å².